The van der Waals surface area contributed by atoms with Gasteiger partial charge in [-0.25, -0.2) is 0 Å². The van der Waals surface area contributed by atoms with E-state index >= 15 is 0 Å². The van der Waals surface area contributed by atoms with E-state index < -0.39 is 0 Å². The lowest BCUT2D eigenvalue weighted by atomic mass is 9.88. The van der Waals surface area contributed by atoms with Crippen LogP contribution in [0.4, 0.5) is 0 Å². The third kappa shape index (κ3) is 1.98. The van der Waals surface area contributed by atoms with Gasteiger partial charge in [0.15, 0.2) is 11.5 Å². The summed E-state index contributed by atoms with van der Waals surface area (Å²) in [6.45, 7) is 2.67. The average molecular weight is 295 g/mol. The van der Waals surface area contributed by atoms with Gasteiger partial charge < -0.3 is 4.74 Å². The van der Waals surface area contributed by atoms with Crippen LogP contribution in [0.5, 0.6) is 0 Å². The molecular formula is C18H19N2O2+. The minimum atomic E-state index is -0.227. The van der Waals surface area contributed by atoms with Gasteiger partial charge in [-0.2, -0.15) is 0 Å². The molecule has 112 valence electrons. The normalized spacial score (nSPS) is 27.0. The maximum absolute atomic E-state index is 10.8. The van der Waals surface area contributed by atoms with E-state index in [-0.39, 0.29) is 12.1 Å². The van der Waals surface area contributed by atoms with Crippen molar-refractivity contribution in [2.45, 2.75) is 31.8 Å². The average Bonchev–Trinajstić information content (AvgIpc) is 2.56. The summed E-state index contributed by atoms with van der Waals surface area (Å²) >= 11 is 0. The second-order valence-electron chi connectivity index (χ2n) is 5.97. The van der Waals surface area contributed by atoms with Crippen LogP contribution < -0.4 is 0 Å². The molecule has 0 aliphatic carbocycles. The molecule has 4 heteroatoms. The first kappa shape index (κ1) is 13.3. The zero-order chi connectivity index (χ0) is 15.1. The van der Waals surface area contributed by atoms with Gasteiger partial charge in [-0.05, 0) is 30.2 Å². The quantitative estimate of drug-likeness (QED) is 0.639. The van der Waals surface area contributed by atoms with E-state index in [2.05, 4.69) is 13.0 Å². The SMILES string of the molecule is CC1CCC2=[N+](O)C(c3ccccc3)C3=C(OCC=C3)C2=N1. The molecular weight excluding hydrogens is 276 g/mol. The highest BCUT2D eigenvalue weighted by molar-refractivity contribution is 6.47. The number of nitrogens with zero attached hydrogens (tertiary/aromatic N) is 2. The molecule has 1 N–H and O–H groups in total. The van der Waals surface area contributed by atoms with Gasteiger partial charge >= 0.3 is 0 Å². The van der Waals surface area contributed by atoms with Gasteiger partial charge in [-0.15, -0.1) is 0 Å². The molecule has 22 heavy (non-hydrogen) atoms. The van der Waals surface area contributed by atoms with Crippen LogP contribution in [-0.2, 0) is 4.74 Å². The second-order valence-corrected chi connectivity index (χ2v) is 5.97. The van der Waals surface area contributed by atoms with E-state index in [1.807, 2.05) is 36.4 Å². The number of benzene rings is 1. The minimum Gasteiger partial charge on any atom is -0.486 e. The zero-order valence-electron chi connectivity index (χ0n) is 12.6. The van der Waals surface area contributed by atoms with Crippen molar-refractivity contribution in [2.75, 3.05) is 6.61 Å². The Morgan fingerprint density at radius 3 is 2.91 bits per heavy atom. The first-order valence-corrected chi connectivity index (χ1v) is 7.76. The molecule has 0 saturated heterocycles. The Bertz CT molecular complexity index is 729. The number of fused-ring (bicyclic) bond motifs is 2. The maximum atomic E-state index is 10.8. The molecule has 3 aliphatic heterocycles. The van der Waals surface area contributed by atoms with E-state index in [9.17, 15) is 5.21 Å². The summed E-state index contributed by atoms with van der Waals surface area (Å²) in [5, 5.41) is 10.8. The number of hydroxylamine groups is 1. The number of aliphatic imine (C=N–C) groups is 1. The van der Waals surface area contributed by atoms with E-state index in [1.54, 1.807) is 0 Å². The Kier molecular flexibility index (Phi) is 3.10. The van der Waals surface area contributed by atoms with Crippen molar-refractivity contribution in [3.05, 3.63) is 59.4 Å². The molecule has 2 atom stereocenters. The Balaban J connectivity index is 1.92. The second kappa shape index (κ2) is 5.13. The molecule has 0 bridgehead atoms. The molecule has 4 nitrogen and oxygen atoms in total. The van der Waals surface area contributed by atoms with Gasteiger partial charge in [0.05, 0.1) is 5.57 Å². The van der Waals surface area contributed by atoms with Crippen LogP contribution >= 0.6 is 0 Å². The first-order chi connectivity index (χ1) is 10.8. The van der Waals surface area contributed by atoms with Gasteiger partial charge in [0.25, 0.3) is 11.8 Å². The number of hydrogen-bond donors (Lipinski definition) is 1. The lowest BCUT2D eigenvalue weighted by molar-refractivity contribution is -0.799. The third-order valence-electron chi connectivity index (χ3n) is 4.45. The van der Waals surface area contributed by atoms with E-state index in [0.29, 0.717) is 6.61 Å². The Morgan fingerprint density at radius 1 is 1.27 bits per heavy atom. The minimum absolute atomic E-state index is 0.227. The van der Waals surface area contributed by atoms with Crippen LogP contribution in [0.25, 0.3) is 0 Å². The zero-order valence-corrected chi connectivity index (χ0v) is 12.6. The summed E-state index contributed by atoms with van der Waals surface area (Å²) in [4.78, 5) is 4.73. The number of rotatable bonds is 1. The van der Waals surface area contributed by atoms with Crippen molar-refractivity contribution in [3.8, 4) is 0 Å². The van der Waals surface area contributed by atoms with Gasteiger partial charge in [0.2, 0.25) is 0 Å². The van der Waals surface area contributed by atoms with E-state index in [0.717, 1.165) is 41.2 Å². The van der Waals surface area contributed by atoms with Crippen molar-refractivity contribution >= 4 is 11.4 Å². The summed E-state index contributed by atoms with van der Waals surface area (Å²) in [6, 6.07) is 10.1. The summed E-state index contributed by atoms with van der Waals surface area (Å²) in [5.74, 6) is 0.836. The fraction of sp³-hybridized carbons (Fsp3) is 0.333. The number of hydrogen-bond acceptors (Lipinski definition) is 3. The highest BCUT2D eigenvalue weighted by Gasteiger charge is 2.44. The standard InChI is InChI=1S/C18H19N2O2/c1-12-9-10-15-16(19-12)18-14(8-5-11-22-18)17(20(15)21)13-6-3-2-4-7-13/h2-8,12,17,21H,9-11H2,1H3/q+1. The Morgan fingerprint density at radius 2 is 2.09 bits per heavy atom. The van der Waals surface area contributed by atoms with E-state index in [1.165, 1.54) is 4.74 Å². The van der Waals surface area contributed by atoms with Crippen LogP contribution in [0.1, 0.15) is 31.4 Å². The lowest BCUT2D eigenvalue weighted by Crippen LogP contribution is -2.41. The molecule has 0 fully saturated rings. The Hall–Kier alpha value is -2.36. The van der Waals surface area contributed by atoms with Gasteiger partial charge in [-0.3, -0.25) is 10.2 Å². The highest BCUT2D eigenvalue weighted by atomic mass is 16.5. The van der Waals surface area contributed by atoms with Crippen LogP contribution in [0.2, 0.25) is 0 Å². The molecule has 3 aliphatic rings. The van der Waals surface area contributed by atoms with Gasteiger partial charge in [0.1, 0.15) is 6.61 Å². The van der Waals surface area contributed by atoms with E-state index in [4.69, 9.17) is 9.73 Å². The van der Waals surface area contributed by atoms with Crippen LogP contribution in [0.3, 0.4) is 0 Å². The molecule has 2 unspecified atom stereocenters. The monoisotopic (exact) mass is 295 g/mol. The van der Waals surface area contributed by atoms with Crippen molar-refractivity contribution < 1.29 is 14.7 Å². The lowest BCUT2D eigenvalue weighted by Gasteiger charge is -2.28. The molecule has 0 aromatic heterocycles. The molecule has 1 aromatic carbocycles. The molecule has 4 rings (SSSR count). The fourth-order valence-electron chi connectivity index (χ4n) is 3.37. The number of ether oxygens (including phenoxy) is 1. The highest BCUT2D eigenvalue weighted by Crippen LogP contribution is 2.36. The largest absolute Gasteiger partial charge is 0.486 e. The summed E-state index contributed by atoms with van der Waals surface area (Å²) in [5.41, 5.74) is 3.74. The Labute approximate surface area is 129 Å². The molecule has 0 saturated carbocycles. The van der Waals surface area contributed by atoms with Gasteiger partial charge in [0, 0.05) is 18.0 Å². The first-order valence-electron chi connectivity index (χ1n) is 7.76. The summed E-state index contributed by atoms with van der Waals surface area (Å²) < 4.78 is 7.29. The van der Waals surface area contributed by atoms with Crippen molar-refractivity contribution in [3.63, 3.8) is 0 Å². The van der Waals surface area contributed by atoms with Crippen LogP contribution in [0, 0.1) is 0 Å². The summed E-state index contributed by atoms with van der Waals surface area (Å²) in [7, 11) is 0. The molecule has 1 aromatic rings. The van der Waals surface area contributed by atoms with Gasteiger partial charge in [-0.1, -0.05) is 30.3 Å². The fourth-order valence-corrected chi connectivity index (χ4v) is 3.37. The summed E-state index contributed by atoms with van der Waals surface area (Å²) in [6.07, 6.45) is 5.82. The predicted molar refractivity (Wildman–Crippen MR) is 84.5 cm³/mol. The topological polar surface area (TPSA) is 44.8 Å². The third-order valence-corrected chi connectivity index (χ3v) is 4.45. The van der Waals surface area contributed by atoms with Crippen molar-refractivity contribution in [1.82, 2.24) is 0 Å². The maximum Gasteiger partial charge on any atom is 0.257 e. The smallest absolute Gasteiger partial charge is 0.257 e. The van der Waals surface area contributed by atoms with Crippen molar-refractivity contribution in [1.29, 1.82) is 0 Å². The van der Waals surface area contributed by atoms with Crippen LogP contribution in [-0.4, -0.2) is 34.0 Å². The number of allylic oxidation sites excluding steroid dienone is 1. The predicted octanol–water partition coefficient (Wildman–Crippen LogP) is 3.05. The molecule has 0 radical (unpaired) electrons. The molecule has 3 heterocycles. The molecule has 0 spiro atoms. The van der Waals surface area contributed by atoms with Crippen LogP contribution in [0.15, 0.2) is 58.8 Å². The molecule has 0 amide bonds. The van der Waals surface area contributed by atoms with Crippen molar-refractivity contribution in [2.24, 2.45) is 4.99 Å².